The van der Waals surface area contributed by atoms with Crippen molar-refractivity contribution >= 4 is 0 Å². The largest absolute Gasteiger partial charge is 0.236 e. The second-order valence-electron chi connectivity index (χ2n) is 1.51. The average molecular weight is 100 g/mol. The molecule has 40 valence electrons. The van der Waals surface area contributed by atoms with Crippen LogP contribution >= 0.6 is 0 Å². The van der Waals surface area contributed by atoms with Gasteiger partial charge in [-0.25, -0.2) is 9.78 Å². The minimum atomic E-state index is 0.715. The molecule has 1 heterocycles. The van der Waals surface area contributed by atoms with E-state index < -0.39 is 0 Å². The Morgan fingerprint density at radius 2 is 2.29 bits per heavy atom. The highest BCUT2D eigenvalue weighted by Gasteiger charge is 1.97. The molecule has 0 saturated carbocycles. The highest BCUT2D eigenvalue weighted by Crippen LogP contribution is 2.05. The third-order valence-corrected chi connectivity index (χ3v) is 0.874. The van der Waals surface area contributed by atoms with Crippen molar-refractivity contribution in [2.24, 2.45) is 0 Å². The van der Waals surface area contributed by atoms with E-state index in [1.54, 1.807) is 0 Å². The van der Waals surface area contributed by atoms with Crippen LogP contribution in [0, 0.1) is 6.61 Å². The average Bonchev–Trinajstić information content (AvgIpc) is 1.90. The van der Waals surface area contributed by atoms with Gasteiger partial charge in [-0.05, 0) is 19.3 Å². The van der Waals surface area contributed by atoms with Gasteiger partial charge in [0.25, 0.3) is 0 Å². The van der Waals surface area contributed by atoms with Crippen LogP contribution in [0.15, 0.2) is 0 Å². The number of rotatable bonds is 0. The Balaban J connectivity index is 2.04. The van der Waals surface area contributed by atoms with Crippen molar-refractivity contribution in [3.05, 3.63) is 6.61 Å². The fourth-order valence-corrected chi connectivity index (χ4v) is 0.483. The smallest absolute Gasteiger partial charge is 0.173 e. The van der Waals surface area contributed by atoms with Crippen LogP contribution in [0.5, 0.6) is 0 Å². The maximum absolute atomic E-state index is 4.58. The monoisotopic (exact) mass is 100 g/mol. The highest BCUT2D eigenvalue weighted by atomic mass is 17.2. The van der Waals surface area contributed by atoms with Gasteiger partial charge in [-0.1, -0.05) is 0 Å². The standard InChI is InChI=1S/C5H8O2/c1-2-4-6-7-5-3-1/h1-4H2. The first-order valence-electron chi connectivity index (χ1n) is 2.51. The number of hydrogen-bond donors (Lipinski definition) is 0. The van der Waals surface area contributed by atoms with E-state index in [0.29, 0.717) is 6.61 Å². The molecule has 7 heavy (non-hydrogen) atoms. The van der Waals surface area contributed by atoms with Gasteiger partial charge in [0, 0.05) is 0 Å². The van der Waals surface area contributed by atoms with E-state index in [2.05, 4.69) is 16.4 Å². The molecule has 1 rings (SSSR count). The van der Waals surface area contributed by atoms with Gasteiger partial charge in [-0.3, -0.25) is 0 Å². The third-order valence-electron chi connectivity index (χ3n) is 0.874. The normalized spacial score (nSPS) is 24.0. The van der Waals surface area contributed by atoms with E-state index in [9.17, 15) is 0 Å². The summed E-state index contributed by atoms with van der Waals surface area (Å²) in [5, 5.41) is 0. The second kappa shape index (κ2) is 2.99. The summed E-state index contributed by atoms with van der Waals surface area (Å²) in [6.07, 6.45) is 3.13. The molecule has 0 spiro atoms. The molecular weight excluding hydrogens is 92.1 g/mol. The summed E-state index contributed by atoms with van der Waals surface area (Å²) in [7, 11) is 0. The fourth-order valence-electron chi connectivity index (χ4n) is 0.483. The van der Waals surface area contributed by atoms with Crippen LogP contribution in [0.25, 0.3) is 0 Å². The van der Waals surface area contributed by atoms with Crippen LogP contribution in [-0.4, -0.2) is 6.61 Å². The van der Waals surface area contributed by atoms with Gasteiger partial charge in [0.1, 0.15) is 0 Å². The molecule has 0 unspecified atom stereocenters. The van der Waals surface area contributed by atoms with Crippen molar-refractivity contribution in [1.82, 2.24) is 0 Å². The van der Waals surface area contributed by atoms with Crippen molar-refractivity contribution in [2.75, 3.05) is 6.61 Å². The summed E-state index contributed by atoms with van der Waals surface area (Å²) in [4.78, 5) is 9.03. The van der Waals surface area contributed by atoms with E-state index in [1.807, 2.05) is 0 Å². The van der Waals surface area contributed by atoms with Crippen molar-refractivity contribution < 1.29 is 9.78 Å². The molecule has 1 aliphatic heterocycles. The molecule has 2 nitrogen and oxygen atoms in total. The zero-order valence-corrected chi connectivity index (χ0v) is 4.14. The summed E-state index contributed by atoms with van der Waals surface area (Å²) >= 11 is 0. The topological polar surface area (TPSA) is 18.5 Å². The molecule has 2 radical (unpaired) electrons. The Morgan fingerprint density at radius 3 is 3.29 bits per heavy atom. The van der Waals surface area contributed by atoms with E-state index >= 15 is 0 Å². The first kappa shape index (κ1) is 5.06. The predicted octanol–water partition coefficient (Wildman–Crippen LogP) is 1.16. The van der Waals surface area contributed by atoms with Gasteiger partial charge in [0.15, 0.2) is 6.61 Å². The highest BCUT2D eigenvalue weighted by molar-refractivity contribution is 4.50. The van der Waals surface area contributed by atoms with Gasteiger partial charge in [-0.2, -0.15) is 0 Å². The molecule has 0 aromatic rings. The summed E-state index contributed by atoms with van der Waals surface area (Å²) in [5.74, 6) is 0. The maximum atomic E-state index is 4.58. The molecule has 1 saturated heterocycles. The van der Waals surface area contributed by atoms with Gasteiger partial charge in [0.05, 0.1) is 6.61 Å². The van der Waals surface area contributed by atoms with Crippen molar-refractivity contribution in [1.29, 1.82) is 0 Å². The summed E-state index contributed by atoms with van der Waals surface area (Å²) < 4.78 is 0. The minimum absolute atomic E-state index is 0.715. The Hall–Kier alpha value is -0.0800. The fraction of sp³-hybridized carbons (Fsp3) is 0.800. The maximum Gasteiger partial charge on any atom is 0.173 e. The van der Waals surface area contributed by atoms with Gasteiger partial charge in [0.2, 0.25) is 0 Å². The SMILES string of the molecule is [C]1CCCCOO1. The van der Waals surface area contributed by atoms with E-state index in [1.165, 1.54) is 0 Å². The van der Waals surface area contributed by atoms with Crippen LogP contribution in [0.3, 0.4) is 0 Å². The predicted molar refractivity (Wildman–Crippen MR) is 24.1 cm³/mol. The van der Waals surface area contributed by atoms with E-state index in [0.717, 1.165) is 19.3 Å². The van der Waals surface area contributed by atoms with E-state index in [4.69, 9.17) is 0 Å². The lowest BCUT2D eigenvalue weighted by atomic mass is 10.3. The van der Waals surface area contributed by atoms with Crippen molar-refractivity contribution in [2.45, 2.75) is 19.3 Å². The second-order valence-corrected chi connectivity index (χ2v) is 1.51. The quantitative estimate of drug-likeness (QED) is 0.425. The van der Waals surface area contributed by atoms with Gasteiger partial charge in [-0.15, -0.1) is 0 Å². The van der Waals surface area contributed by atoms with E-state index in [-0.39, 0.29) is 0 Å². The molecule has 0 atom stereocenters. The summed E-state index contributed by atoms with van der Waals surface area (Å²) in [6, 6.07) is 0. The lowest BCUT2D eigenvalue weighted by molar-refractivity contribution is -0.262. The molecule has 1 fully saturated rings. The Kier molecular flexibility index (Phi) is 2.17. The zero-order chi connectivity index (χ0) is 4.95. The van der Waals surface area contributed by atoms with Crippen LogP contribution in [0.4, 0.5) is 0 Å². The van der Waals surface area contributed by atoms with Crippen LogP contribution in [0.1, 0.15) is 19.3 Å². The molecule has 0 amide bonds. The molecule has 0 N–H and O–H groups in total. The van der Waals surface area contributed by atoms with Crippen LogP contribution < -0.4 is 0 Å². The van der Waals surface area contributed by atoms with Crippen molar-refractivity contribution in [3.8, 4) is 0 Å². The lowest BCUT2D eigenvalue weighted by Crippen LogP contribution is -1.86. The Morgan fingerprint density at radius 1 is 1.29 bits per heavy atom. The van der Waals surface area contributed by atoms with Crippen LogP contribution in [-0.2, 0) is 9.78 Å². The molecule has 0 aromatic carbocycles. The minimum Gasteiger partial charge on any atom is -0.236 e. The Bertz CT molecular complexity index is 25.7. The third kappa shape index (κ3) is 1.90. The number of hydrogen-bond acceptors (Lipinski definition) is 2. The molecular formula is C5H8O2. The molecule has 0 bridgehead atoms. The molecule has 0 aliphatic carbocycles. The molecule has 2 heteroatoms. The summed E-state index contributed by atoms with van der Waals surface area (Å²) in [6.45, 7) is 3.34. The van der Waals surface area contributed by atoms with Crippen molar-refractivity contribution in [3.63, 3.8) is 0 Å². The lowest BCUT2D eigenvalue weighted by Gasteiger charge is -1.90. The zero-order valence-electron chi connectivity index (χ0n) is 4.14. The van der Waals surface area contributed by atoms with Crippen LogP contribution in [0.2, 0.25) is 0 Å². The first-order chi connectivity index (χ1) is 3.50. The van der Waals surface area contributed by atoms with Gasteiger partial charge >= 0.3 is 0 Å². The van der Waals surface area contributed by atoms with Gasteiger partial charge < -0.3 is 0 Å². The first-order valence-corrected chi connectivity index (χ1v) is 2.51. The molecule has 1 aliphatic rings. The Labute approximate surface area is 43.3 Å². The molecule has 0 aromatic heterocycles. The summed E-state index contributed by atoms with van der Waals surface area (Å²) in [5.41, 5.74) is 0.